The van der Waals surface area contributed by atoms with Crippen LogP contribution >= 0.6 is 0 Å². The number of rotatable bonds is 13. The van der Waals surface area contributed by atoms with Crippen LogP contribution in [0.1, 0.15) is 74.9 Å². The van der Waals surface area contributed by atoms with Crippen molar-refractivity contribution in [1.82, 2.24) is 44.9 Å². The highest BCUT2D eigenvalue weighted by Gasteiger charge is 2.41. The molecule has 23 aromatic rings. The molecule has 12 heteroatoms. The quantitative estimate of drug-likeness (QED) is 0.104. The number of aromatic nitrogens is 9. The third-order valence-corrected chi connectivity index (χ3v) is 29.1. The molecule has 3 aliphatic carbocycles. The molecule has 0 N–H and O–H groups in total. The van der Waals surface area contributed by atoms with Gasteiger partial charge in [0.2, 0.25) is 0 Å². The maximum Gasteiger partial charge on any atom is 0.187 e. The normalized spacial score (nSPS) is 12.8. The maximum absolute atomic E-state index is 7.57. The second-order valence-corrected chi connectivity index (χ2v) is 38.7. The van der Waals surface area contributed by atoms with Gasteiger partial charge >= 0.3 is 0 Å². The van der Waals surface area contributed by atoms with Crippen LogP contribution < -0.4 is 0 Å². The Hall–Kier alpha value is -19.1. The molecule has 145 heavy (non-hydrogen) atoms. The van der Waals surface area contributed by atoms with Crippen LogP contribution in [-0.2, 0) is 16.2 Å². The van der Waals surface area contributed by atoms with Gasteiger partial charge in [0, 0.05) is 66.3 Å². The fourth-order valence-electron chi connectivity index (χ4n) is 21.5. The molecule has 0 unspecified atom stereocenters. The molecule has 26 rings (SSSR count). The molecular formula is C133H90N12. The highest BCUT2D eigenvalue weighted by atomic mass is 15.1. The van der Waals surface area contributed by atoms with E-state index in [0.29, 0.717) is 69.5 Å². The Kier molecular flexibility index (Phi) is 22.2. The molecule has 3 heterocycles. The summed E-state index contributed by atoms with van der Waals surface area (Å²) in [5.41, 5.74) is 33.9. The fraction of sp³-hybridized carbons (Fsp3) is 0.0677. The van der Waals surface area contributed by atoms with Crippen LogP contribution in [-0.4, -0.2) is 44.9 Å². The van der Waals surface area contributed by atoms with E-state index in [1.807, 2.05) is 60.7 Å². The number of hydrogen-bond acceptors (Lipinski definition) is 9. The minimum atomic E-state index is -0.192. The van der Waals surface area contributed by atoms with E-state index in [9.17, 15) is 0 Å². The summed E-state index contributed by atoms with van der Waals surface area (Å²) in [6, 6.07) is 151. The molecule has 3 aromatic heterocycles. The summed E-state index contributed by atoms with van der Waals surface area (Å²) in [6.45, 7) is 36.2. The summed E-state index contributed by atoms with van der Waals surface area (Å²) in [4.78, 5) is 56.4. The molecule has 0 amide bonds. The predicted octanol–water partition coefficient (Wildman–Crippen LogP) is 34.5. The van der Waals surface area contributed by atoms with Gasteiger partial charge in [-0.25, -0.2) is 59.4 Å². The Morgan fingerprint density at radius 2 is 0.393 bits per heavy atom. The van der Waals surface area contributed by atoms with Crippen molar-refractivity contribution < 1.29 is 0 Å². The van der Waals surface area contributed by atoms with Gasteiger partial charge < -0.3 is 0 Å². The van der Waals surface area contributed by atoms with Gasteiger partial charge in [0.1, 0.15) is 0 Å². The van der Waals surface area contributed by atoms with Crippen LogP contribution in [0.25, 0.3) is 238 Å². The molecular weight excluding hydrogens is 1770 g/mol. The Morgan fingerprint density at radius 1 is 0.159 bits per heavy atom. The number of fused-ring (bicyclic) bond motifs is 13. The van der Waals surface area contributed by atoms with Gasteiger partial charge in [0.15, 0.2) is 69.5 Å². The average molecular weight is 1860 g/mol. The van der Waals surface area contributed by atoms with E-state index >= 15 is 0 Å². The summed E-state index contributed by atoms with van der Waals surface area (Å²) < 4.78 is 0. The summed E-state index contributed by atoms with van der Waals surface area (Å²) >= 11 is 0. The van der Waals surface area contributed by atoms with Crippen molar-refractivity contribution in [2.75, 3.05) is 0 Å². The summed E-state index contributed by atoms with van der Waals surface area (Å²) in [5, 5.41) is 9.13. The first-order chi connectivity index (χ1) is 70.9. The van der Waals surface area contributed by atoms with Crippen molar-refractivity contribution in [3.8, 4) is 180 Å². The van der Waals surface area contributed by atoms with Crippen LogP contribution in [0.2, 0.25) is 0 Å². The Bertz CT molecular complexity index is 9090. The Labute approximate surface area is 841 Å². The lowest BCUT2D eigenvalue weighted by Gasteiger charge is -2.22. The highest BCUT2D eigenvalue weighted by molar-refractivity contribution is 6.01. The lowest BCUT2D eigenvalue weighted by atomic mass is 9.82. The summed E-state index contributed by atoms with van der Waals surface area (Å²) in [7, 11) is 0. The van der Waals surface area contributed by atoms with Gasteiger partial charge in [-0.05, 0) is 166 Å². The van der Waals surface area contributed by atoms with Crippen molar-refractivity contribution in [2.45, 2.75) is 57.8 Å². The van der Waals surface area contributed by atoms with E-state index < -0.39 is 0 Å². The second-order valence-electron chi connectivity index (χ2n) is 38.7. The molecule has 3 aliphatic rings. The fourth-order valence-corrected chi connectivity index (χ4v) is 21.5. The number of hydrogen-bond donors (Lipinski definition) is 0. The van der Waals surface area contributed by atoms with Gasteiger partial charge in [-0.15, -0.1) is 0 Å². The molecule has 12 nitrogen and oxygen atoms in total. The van der Waals surface area contributed by atoms with Gasteiger partial charge in [0.25, 0.3) is 0 Å². The van der Waals surface area contributed by atoms with Gasteiger partial charge in [-0.3, -0.25) is 0 Å². The molecule has 20 aromatic carbocycles. The summed E-state index contributed by atoms with van der Waals surface area (Å²) in [5.74, 6) is 5.73. The van der Waals surface area contributed by atoms with E-state index in [4.69, 9.17) is 64.6 Å². The minimum absolute atomic E-state index is 0.185. The maximum atomic E-state index is 7.57. The third kappa shape index (κ3) is 16.2. The smallest absolute Gasteiger partial charge is 0.187 e. The van der Waals surface area contributed by atoms with Crippen LogP contribution in [0.3, 0.4) is 0 Å². The van der Waals surface area contributed by atoms with Gasteiger partial charge in [-0.2, -0.15) is 0 Å². The molecule has 682 valence electrons. The van der Waals surface area contributed by atoms with Crippen LogP contribution in [0, 0.1) is 19.7 Å². The SMILES string of the molecule is [C-]#[N+]c1ccc2c(c1)C(C)(C)c1cccc(-c3ccc(-c4nc(-c5ccc6ccccc6c5)nc(-c5ccc6ccccc6c5)n4)cc3)c1-2.[C-]#[N+]c1ccc2c(c1)C(C)(C)c1cccc(-c3ccc(-c4nc(-c5cccc6ccccc56)nc(-c5cccc6ccccc56)n4)cc3)c1-2.[C-]#[N+]c1ccc2c(c1)C(C)(C)c1cccc(-c3ccc(-c4nc(-c5ccccc5)nc(-c5ccc(-c6ccccc6)cc5)n4)cc3)c1-2. The van der Waals surface area contributed by atoms with Crippen molar-refractivity contribution in [3.05, 3.63) is 504 Å². The van der Waals surface area contributed by atoms with Crippen LogP contribution in [0.15, 0.2) is 437 Å². The van der Waals surface area contributed by atoms with E-state index in [1.54, 1.807) is 0 Å². The van der Waals surface area contributed by atoms with Crippen molar-refractivity contribution in [2.24, 2.45) is 0 Å². The highest BCUT2D eigenvalue weighted by Crippen LogP contribution is 2.57. The lowest BCUT2D eigenvalue weighted by Crippen LogP contribution is -2.14. The van der Waals surface area contributed by atoms with E-state index in [1.165, 1.54) is 99.8 Å². The zero-order chi connectivity index (χ0) is 98.2. The molecule has 0 saturated heterocycles. The van der Waals surface area contributed by atoms with E-state index in [0.717, 1.165) is 105 Å². The summed E-state index contributed by atoms with van der Waals surface area (Å²) in [6.07, 6.45) is 0. The molecule has 0 bridgehead atoms. The first kappa shape index (κ1) is 88.6. The van der Waals surface area contributed by atoms with Gasteiger partial charge in [-0.1, -0.05) is 466 Å². The Morgan fingerprint density at radius 3 is 0.731 bits per heavy atom. The minimum Gasteiger partial charge on any atom is -0.238 e. The monoisotopic (exact) mass is 1850 g/mol. The van der Waals surface area contributed by atoms with E-state index in [-0.39, 0.29) is 16.2 Å². The molecule has 0 spiro atoms. The van der Waals surface area contributed by atoms with Crippen molar-refractivity contribution in [1.29, 1.82) is 0 Å². The molecule has 0 aliphatic heterocycles. The average Bonchev–Trinajstić information content (AvgIpc) is 1.57. The first-order valence-electron chi connectivity index (χ1n) is 48.7. The van der Waals surface area contributed by atoms with E-state index in [2.05, 4.69) is 432 Å². The molecule has 0 fully saturated rings. The van der Waals surface area contributed by atoms with Crippen molar-refractivity contribution >= 4 is 60.2 Å². The third-order valence-electron chi connectivity index (χ3n) is 29.1. The van der Waals surface area contributed by atoms with Crippen LogP contribution in [0.5, 0.6) is 0 Å². The van der Waals surface area contributed by atoms with Crippen LogP contribution in [0.4, 0.5) is 17.1 Å². The number of nitrogens with zero attached hydrogens (tertiary/aromatic N) is 12. The molecule has 0 radical (unpaired) electrons. The lowest BCUT2D eigenvalue weighted by molar-refractivity contribution is 0.660. The topological polar surface area (TPSA) is 129 Å². The second kappa shape index (κ2) is 36.3. The zero-order valence-electron chi connectivity index (χ0n) is 80.4. The first-order valence-corrected chi connectivity index (χ1v) is 48.7. The Balaban J connectivity index is 0.000000117. The number of benzene rings is 20. The zero-order valence-corrected chi connectivity index (χ0v) is 80.4. The predicted molar refractivity (Wildman–Crippen MR) is 592 cm³/mol. The molecule has 0 atom stereocenters. The standard InChI is InChI=1S/2C45H30N4.C43H30N4/c1-45(2)39-20-10-17-35(41(39)38-26-25-32(46-3)27-40(38)45)30-21-23-31(24-22-30)42-47-43(36-18-8-13-28-11-4-6-15-33(28)36)49-44(48-42)37-19-9-14-29-12-5-7-16-34(29)37;1-45(2)39-14-8-13-37(41(39)38-24-23-36(46-3)27-40(38)45)30-17-19-31(20-18-30)42-47-43(34-21-15-28-9-4-6-11-32(28)25-34)49-44(48-42)35-22-16-29-10-5-7-12-33(29)26-35;1-43(2)37-16-10-15-35(39(37)36-26-25-34(44-3)27-38(36)43)30-19-23-33(24-20-30)42-46-40(31-13-8-5-9-14-31)45-41(47-42)32-21-17-29(18-22-32)28-11-6-4-7-12-28/h2*4-27H,1-2H3;4-27H,1-2H3. The van der Waals surface area contributed by atoms with Crippen molar-refractivity contribution in [3.63, 3.8) is 0 Å². The van der Waals surface area contributed by atoms with Gasteiger partial charge in [0.05, 0.1) is 19.7 Å². The molecule has 0 saturated carbocycles. The largest absolute Gasteiger partial charge is 0.238 e.